The van der Waals surface area contributed by atoms with Crippen LogP contribution in [0, 0.1) is 0 Å². The van der Waals surface area contributed by atoms with Gasteiger partial charge in [-0.2, -0.15) is 87.8 Å². The minimum Gasteiger partial charge on any atom is -0.501 e. The summed E-state index contributed by atoms with van der Waals surface area (Å²) in [6.45, 7) is 0. The van der Waals surface area contributed by atoms with Gasteiger partial charge in [0.1, 0.15) is 0 Å². The van der Waals surface area contributed by atoms with Gasteiger partial charge in [0, 0.05) is 0 Å². The van der Waals surface area contributed by atoms with Crippen LogP contribution in [-0.2, 0) is 0 Å². The number of rotatable bonds is 8. The number of phenols is 2. The van der Waals surface area contributed by atoms with Crippen molar-refractivity contribution in [3.8, 4) is 34.5 Å². The zero-order valence-corrected chi connectivity index (χ0v) is 17.1. The first-order valence-corrected chi connectivity index (χ1v) is 8.36. The van der Waals surface area contributed by atoms with Gasteiger partial charge in [0.2, 0.25) is 34.5 Å². The molecule has 0 amide bonds. The van der Waals surface area contributed by atoms with E-state index >= 15 is 0 Å². The number of hydrogen-bond acceptors (Lipinski definition) is 6. The van der Waals surface area contributed by atoms with Crippen LogP contribution >= 0.6 is 0 Å². The lowest BCUT2D eigenvalue weighted by atomic mass is 10.2. The van der Waals surface area contributed by atoms with Gasteiger partial charge in [-0.3, -0.25) is 0 Å². The van der Waals surface area contributed by atoms with Crippen molar-refractivity contribution in [3.63, 3.8) is 0 Å². The van der Waals surface area contributed by atoms with Gasteiger partial charge in [-0.15, -0.1) is 0 Å². The van der Waals surface area contributed by atoms with E-state index in [2.05, 4.69) is 18.9 Å². The van der Waals surface area contributed by atoms with E-state index in [-0.39, 0.29) is 0 Å². The van der Waals surface area contributed by atoms with Crippen molar-refractivity contribution in [1.82, 2.24) is 0 Å². The van der Waals surface area contributed by atoms with Crippen LogP contribution in [0.3, 0.4) is 0 Å². The fourth-order valence-corrected chi connectivity index (χ4v) is 1.76. The SMILES string of the molecule is Oc1c(O)c(OC(F)(F)C(F)(F)F)c(OC(F)(F)C(F)(F)F)c(OC(F)(F)C(F)(F)F)c1OC(F)(F)C(F)(F)F. The summed E-state index contributed by atoms with van der Waals surface area (Å²) in [6.07, 6.45) is -57.3. The molecule has 0 aromatic heterocycles. The highest BCUT2D eigenvalue weighted by atomic mass is 19.4. The summed E-state index contributed by atoms with van der Waals surface area (Å²) < 4.78 is 266. The minimum atomic E-state index is -7.29. The lowest BCUT2D eigenvalue weighted by Gasteiger charge is -2.30. The number of halogens is 20. The third-order valence-electron chi connectivity index (χ3n) is 3.51. The molecule has 0 aliphatic heterocycles. The van der Waals surface area contributed by atoms with E-state index in [0.29, 0.717) is 0 Å². The van der Waals surface area contributed by atoms with Crippen LogP contribution in [-0.4, -0.2) is 59.4 Å². The summed E-state index contributed by atoms with van der Waals surface area (Å²) in [5, 5.41) is 18.8. The molecule has 0 saturated heterocycles. The first-order valence-electron chi connectivity index (χ1n) is 8.36. The number of alkyl halides is 20. The van der Waals surface area contributed by atoms with Crippen LogP contribution in [0.4, 0.5) is 87.8 Å². The lowest BCUT2D eigenvalue weighted by molar-refractivity contribution is -0.373. The highest BCUT2D eigenvalue weighted by Gasteiger charge is 2.67. The maximum absolute atomic E-state index is 13.4. The fourth-order valence-electron chi connectivity index (χ4n) is 1.76. The Balaban J connectivity index is 4.36. The van der Waals surface area contributed by atoms with Crippen LogP contribution in [0.25, 0.3) is 0 Å². The second-order valence-corrected chi connectivity index (χ2v) is 6.48. The van der Waals surface area contributed by atoms with Crippen LogP contribution in [0.5, 0.6) is 34.5 Å². The second-order valence-electron chi connectivity index (χ2n) is 6.48. The number of hydrogen-bond donors (Lipinski definition) is 2. The predicted octanol–water partition coefficient (Wildman–Crippen LogP) is 7.23. The molecule has 0 heterocycles. The molecule has 234 valence electrons. The van der Waals surface area contributed by atoms with E-state index < -0.39 is 83.6 Å². The number of phenolic OH excluding ortho intramolecular Hbond substituents is 2. The van der Waals surface area contributed by atoms with Gasteiger partial charge in [-0.05, 0) is 0 Å². The third kappa shape index (κ3) is 6.67. The number of benzene rings is 1. The van der Waals surface area contributed by atoms with E-state index in [0.717, 1.165) is 0 Å². The van der Waals surface area contributed by atoms with Gasteiger partial charge in [0.25, 0.3) is 0 Å². The molecule has 2 N–H and O–H groups in total. The van der Waals surface area contributed by atoms with Crippen molar-refractivity contribution < 1.29 is 117 Å². The summed E-state index contributed by atoms with van der Waals surface area (Å²) in [4.78, 5) is 0. The van der Waals surface area contributed by atoms with E-state index in [1.807, 2.05) is 0 Å². The van der Waals surface area contributed by atoms with Crippen LogP contribution < -0.4 is 18.9 Å². The molecule has 1 rings (SSSR count). The van der Waals surface area contributed by atoms with E-state index in [1.54, 1.807) is 0 Å². The number of ether oxygens (including phenoxy) is 4. The Hall–Kier alpha value is -3.38. The summed E-state index contributed by atoms with van der Waals surface area (Å²) in [6, 6.07) is 0. The maximum atomic E-state index is 13.4. The molecule has 0 saturated carbocycles. The molecule has 6 nitrogen and oxygen atoms in total. The van der Waals surface area contributed by atoms with Gasteiger partial charge < -0.3 is 29.2 Å². The van der Waals surface area contributed by atoms with Crippen LogP contribution in [0.15, 0.2) is 0 Å². The van der Waals surface area contributed by atoms with Crippen molar-refractivity contribution in [2.45, 2.75) is 49.1 Å². The summed E-state index contributed by atoms with van der Waals surface area (Å²) in [7, 11) is 0. The average molecular weight is 646 g/mol. The molecule has 0 spiro atoms. The molecular formula is C14H2F20O6. The molecule has 1 aromatic rings. The van der Waals surface area contributed by atoms with E-state index in [9.17, 15) is 98.0 Å². The van der Waals surface area contributed by atoms with Gasteiger partial charge in [-0.25, -0.2) is 0 Å². The monoisotopic (exact) mass is 646 g/mol. The van der Waals surface area contributed by atoms with Gasteiger partial charge in [-0.1, -0.05) is 0 Å². The lowest BCUT2D eigenvalue weighted by Crippen LogP contribution is -2.45. The summed E-state index contributed by atoms with van der Waals surface area (Å²) >= 11 is 0. The smallest absolute Gasteiger partial charge is 0.499 e. The molecule has 0 radical (unpaired) electrons. The Kier molecular flexibility index (Phi) is 8.33. The quantitative estimate of drug-likeness (QED) is 0.229. The molecule has 0 bridgehead atoms. The predicted molar refractivity (Wildman–Crippen MR) is 76.3 cm³/mol. The first kappa shape index (κ1) is 34.6. The van der Waals surface area contributed by atoms with Crippen LogP contribution in [0.2, 0.25) is 0 Å². The average Bonchev–Trinajstić information content (AvgIpc) is 2.67. The zero-order chi connectivity index (χ0) is 32.3. The minimum absolute atomic E-state index is 2.44. The Labute approximate surface area is 202 Å². The Bertz CT molecular complexity index is 997. The normalized spacial score (nSPS) is 14.7. The Morgan fingerprint density at radius 3 is 0.600 bits per heavy atom. The highest BCUT2D eigenvalue weighted by Crippen LogP contribution is 2.62. The largest absolute Gasteiger partial charge is 0.501 e. The van der Waals surface area contributed by atoms with E-state index in [4.69, 9.17) is 0 Å². The molecule has 0 unspecified atom stereocenters. The Morgan fingerprint density at radius 1 is 0.300 bits per heavy atom. The topological polar surface area (TPSA) is 77.4 Å². The zero-order valence-electron chi connectivity index (χ0n) is 17.1. The van der Waals surface area contributed by atoms with Crippen molar-refractivity contribution in [3.05, 3.63) is 0 Å². The van der Waals surface area contributed by atoms with E-state index in [1.165, 1.54) is 0 Å². The van der Waals surface area contributed by atoms with Crippen molar-refractivity contribution in [1.29, 1.82) is 0 Å². The molecule has 40 heavy (non-hydrogen) atoms. The van der Waals surface area contributed by atoms with Crippen LogP contribution in [0.1, 0.15) is 0 Å². The molecule has 0 fully saturated rings. The molecule has 1 aromatic carbocycles. The fraction of sp³-hybridized carbons (Fsp3) is 0.571. The highest BCUT2D eigenvalue weighted by molar-refractivity contribution is 5.73. The summed E-state index contributed by atoms with van der Waals surface area (Å²) in [5.74, 6) is -21.9. The maximum Gasteiger partial charge on any atom is 0.499 e. The summed E-state index contributed by atoms with van der Waals surface area (Å²) in [5.41, 5.74) is 0. The molecule has 0 aliphatic carbocycles. The first-order chi connectivity index (χ1) is 17.2. The van der Waals surface area contributed by atoms with Gasteiger partial charge in [0.05, 0.1) is 0 Å². The van der Waals surface area contributed by atoms with Gasteiger partial charge in [0.15, 0.2) is 0 Å². The molecule has 26 heteroatoms. The van der Waals surface area contributed by atoms with Crippen molar-refractivity contribution in [2.24, 2.45) is 0 Å². The standard InChI is InChI=1S/C14H2F20O6/c15-7(16,17)11(27,28)37-3-1(35)2(36)4(38-12(29,30)8(18,19)20)6(40-14(33,34)10(24,25)26)5(3)39-13(31,32)9(21,22)23/h35-36H. The third-order valence-corrected chi connectivity index (χ3v) is 3.51. The van der Waals surface area contributed by atoms with Crippen molar-refractivity contribution >= 4 is 0 Å². The Morgan fingerprint density at radius 2 is 0.450 bits per heavy atom. The molecular weight excluding hydrogens is 644 g/mol. The molecule has 0 aliphatic rings. The van der Waals surface area contributed by atoms with Gasteiger partial charge >= 0.3 is 49.1 Å². The second kappa shape index (κ2) is 9.62. The number of aromatic hydroxyl groups is 2. The molecule has 0 atom stereocenters. The van der Waals surface area contributed by atoms with Crippen molar-refractivity contribution in [2.75, 3.05) is 0 Å².